The summed E-state index contributed by atoms with van der Waals surface area (Å²) >= 11 is 0. The Kier molecular flexibility index (Phi) is 5.49. The number of fused-ring (bicyclic) bond motifs is 3. The van der Waals surface area contributed by atoms with Crippen LogP contribution in [0.2, 0.25) is 0 Å². The Balaban J connectivity index is 1.76. The molecule has 0 saturated carbocycles. The number of benzene rings is 1. The highest BCUT2D eigenvalue weighted by atomic mass is 16.5. The van der Waals surface area contributed by atoms with Gasteiger partial charge >= 0.3 is 5.97 Å². The minimum atomic E-state index is -0.995. The van der Waals surface area contributed by atoms with Gasteiger partial charge < -0.3 is 24.6 Å². The van der Waals surface area contributed by atoms with E-state index in [0.717, 1.165) is 31.7 Å². The molecule has 2 N–H and O–H groups in total. The lowest BCUT2D eigenvalue weighted by atomic mass is 9.71. The molecular formula is C19H27NO5. The molecule has 6 heteroatoms. The van der Waals surface area contributed by atoms with Crippen molar-refractivity contribution in [2.45, 2.75) is 44.3 Å². The first-order chi connectivity index (χ1) is 12.0. The average molecular weight is 349 g/mol. The lowest BCUT2D eigenvalue weighted by Gasteiger charge is -2.53. The topological polar surface area (TPSA) is 79.2 Å². The van der Waals surface area contributed by atoms with Gasteiger partial charge in [-0.15, -0.1) is 0 Å². The summed E-state index contributed by atoms with van der Waals surface area (Å²) in [4.78, 5) is 13.3. The predicted molar refractivity (Wildman–Crippen MR) is 93.0 cm³/mol. The number of aliphatic hydroxyl groups is 1. The van der Waals surface area contributed by atoms with E-state index < -0.39 is 17.7 Å². The van der Waals surface area contributed by atoms with E-state index in [1.165, 1.54) is 0 Å². The van der Waals surface area contributed by atoms with Crippen LogP contribution in [0.25, 0.3) is 0 Å². The number of carboxylic acids is 1. The monoisotopic (exact) mass is 349 g/mol. The largest absolute Gasteiger partial charge is 0.494 e. The second-order valence-corrected chi connectivity index (χ2v) is 6.98. The number of carboxylic acid groups (broad SMARTS) is 1. The maximum Gasteiger partial charge on any atom is 0.303 e. The normalized spacial score (nSPS) is 29.2. The number of nitrogens with zero attached hydrogens (tertiary/aromatic N) is 1. The van der Waals surface area contributed by atoms with Crippen molar-refractivity contribution in [1.82, 2.24) is 4.90 Å². The number of carbonyl (C=O) groups is 1. The number of hydrogen-bond donors (Lipinski definition) is 2. The van der Waals surface area contributed by atoms with E-state index >= 15 is 0 Å². The van der Waals surface area contributed by atoms with Crippen molar-refractivity contribution in [3.8, 4) is 11.5 Å². The van der Waals surface area contributed by atoms with E-state index in [9.17, 15) is 9.90 Å². The molecule has 1 aromatic rings. The number of hydrogen-bond acceptors (Lipinski definition) is 5. The summed E-state index contributed by atoms with van der Waals surface area (Å²) in [6.07, 6.45) is 1.62. The summed E-state index contributed by atoms with van der Waals surface area (Å²) < 4.78 is 11.5. The summed E-state index contributed by atoms with van der Waals surface area (Å²) in [6, 6.07) is 7.27. The zero-order valence-electron chi connectivity index (χ0n) is 14.7. The van der Waals surface area contributed by atoms with Crippen LogP contribution in [-0.4, -0.2) is 59.0 Å². The van der Waals surface area contributed by atoms with E-state index in [0.29, 0.717) is 25.3 Å². The van der Waals surface area contributed by atoms with Crippen LogP contribution in [0.5, 0.6) is 11.5 Å². The van der Waals surface area contributed by atoms with Gasteiger partial charge in [-0.25, -0.2) is 0 Å². The van der Waals surface area contributed by atoms with Gasteiger partial charge in [-0.05, 0) is 69.5 Å². The lowest BCUT2D eigenvalue weighted by Crippen LogP contribution is -2.65. The minimum absolute atomic E-state index is 0.0171. The Morgan fingerprint density at radius 1 is 1.28 bits per heavy atom. The smallest absolute Gasteiger partial charge is 0.303 e. The van der Waals surface area contributed by atoms with Crippen LogP contribution >= 0.6 is 0 Å². The molecule has 3 heterocycles. The summed E-state index contributed by atoms with van der Waals surface area (Å²) in [5, 5.41) is 20.4. The molecule has 25 heavy (non-hydrogen) atoms. The molecule has 0 aliphatic carbocycles. The van der Waals surface area contributed by atoms with E-state index in [2.05, 4.69) is 4.90 Å². The highest BCUT2D eigenvalue weighted by Gasteiger charge is 2.51. The van der Waals surface area contributed by atoms with Crippen LogP contribution in [0, 0.1) is 5.92 Å². The number of ether oxygens (including phenoxy) is 2. The Labute approximate surface area is 148 Å². The maximum absolute atomic E-state index is 11.3. The number of aliphatic carboxylic acids is 1. The molecule has 3 fully saturated rings. The van der Waals surface area contributed by atoms with Crippen LogP contribution in [-0.2, 0) is 4.79 Å². The molecule has 0 aromatic heterocycles. The highest BCUT2D eigenvalue weighted by molar-refractivity contribution is 5.66. The molecular weight excluding hydrogens is 322 g/mol. The van der Waals surface area contributed by atoms with Gasteiger partial charge in [0, 0.05) is 13.0 Å². The Morgan fingerprint density at radius 2 is 1.92 bits per heavy atom. The third-order valence-electron chi connectivity index (χ3n) is 5.36. The molecule has 3 aliphatic rings. The van der Waals surface area contributed by atoms with Gasteiger partial charge in [-0.3, -0.25) is 4.79 Å². The van der Waals surface area contributed by atoms with Gasteiger partial charge in [0.25, 0.3) is 0 Å². The van der Waals surface area contributed by atoms with Crippen LogP contribution in [0.15, 0.2) is 24.3 Å². The van der Waals surface area contributed by atoms with Crippen molar-refractivity contribution < 1.29 is 24.5 Å². The lowest BCUT2D eigenvalue weighted by molar-refractivity contribution is -0.168. The summed E-state index contributed by atoms with van der Waals surface area (Å²) in [6.45, 7) is 5.08. The third-order valence-corrected chi connectivity index (χ3v) is 5.36. The highest BCUT2D eigenvalue weighted by Crippen LogP contribution is 2.40. The molecule has 3 aliphatic heterocycles. The van der Waals surface area contributed by atoms with E-state index in [1.807, 2.05) is 31.2 Å². The van der Waals surface area contributed by atoms with Crippen molar-refractivity contribution in [3.63, 3.8) is 0 Å². The molecule has 0 radical (unpaired) electrons. The van der Waals surface area contributed by atoms with Gasteiger partial charge in [-0.2, -0.15) is 0 Å². The van der Waals surface area contributed by atoms with Gasteiger partial charge in [-0.1, -0.05) is 0 Å². The average Bonchev–Trinajstić information content (AvgIpc) is 2.61. The van der Waals surface area contributed by atoms with Gasteiger partial charge in [0.15, 0.2) is 0 Å². The van der Waals surface area contributed by atoms with E-state index in [1.54, 1.807) is 0 Å². The van der Waals surface area contributed by atoms with Crippen LogP contribution in [0.4, 0.5) is 0 Å². The molecule has 138 valence electrons. The van der Waals surface area contributed by atoms with Crippen molar-refractivity contribution in [1.29, 1.82) is 0 Å². The summed E-state index contributed by atoms with van der Waals surface area (Å²) in [5.41, 5.74) is -0.995. The quantitative estimate of drug-likeness (QED) is 0.749. The molecule has 2 atom stereocenters. The van der Waals surface area contributed by atoms with Crippen molar-refractivity contribution in [3.05, 3.63) is 24.3 Å². The zero-order chi connectivity index (χ0) is 17.9. The fraction of sp³-hybridized carbons (Fsp3) is 0.632. The SMILES string of the molecule is CCOc1ccc(OC(CCC(=O)O)C2(O)CN3CCC2CC3)cc1. The minimum Gasteiger partial charge on any atom is -0.494 e. The summed E-state index contributed by atoms with van der Waals surface area (Å²) in [7, 11) is 0. The second-order valence-electron chi connectivity index (χ2n) is 6.98. The Hall–Kier alpha value is -1.79. The first-order valence-corrected chi connectivity index (χ1v) is 9.07. The Bertz CT molecular complexity index is 582. The first kappa shape index (κ1) is 18.0. The molecule has 2 bridgehead atoms. The molecule has 3 saturated heterocycles. The fourth-order valence-electron chi connectivity index (χ4n) is 4.05. The number of piperidine rings is 3. The predicted octanol–water partition coefficient (Wildman–Crippen LogP) is 2.15. The summed E-state index contributed by atoms with van der Waals surface area (Å²) in [5.74, 6) is 0.686. The van der Waals surface area contributed by atoms with Gasteiger partial charge in [0.1, 0.15) is 23.2 Å². The van der Waals surface area contributed by atoms with E-state index in [-0.39, 0.29) is 12.3 Å². The van der Waals surface area contributed by atoms with Crippen molar-refractivity contribution in [2.24, 2.45) is 5.92 Å². The standard InChI is InChI=1S/C19H27NO5/c1-2-24-15-3-5-16(6-4-15)25-17(7-8-18(21)22)19(23)13-20-11-9-14(19)10-12-20/h3-6,14,17,23H,2,7-13H2,1H3,(H,21,22). The van der Waals surface area contributed by atoms with Crippen LogP contribution in [0.3, 0.4) is 0 Å². The molecule has 1 aromatic carbocycles. The van der Waals surface area contributed by atoms with E-state index in [4.69, 9.17) is 14.6 Å². The fourth-order valence-corrected chi connectivity index (χ4v) is 4.05. The zero-order valence-corrected chi connectivity index (χ0v) is 14.7. The van der Waals surface area contributed by atoms with Crippen molar-refractivity contribution >= 4 is 5.97 Å². The second kappa shape index (κ2) is 7.62. The van der Waals surface area contributed by atoms with Gasteiger partial charge in [0.2, 0.25) is 0 Å². The third kappa shape index (κ3) is 4.07. The molecule has 0 spiro atoms. The van der Waals surface area contributed by atoms with Crippen LogP contribution in [0.1, 0.15) is 32.6 Å². The molecule has 2 unspecified atom stereocenters. The first-order valence-electron chi connectivity index (χ1n) is 9.07. The maximum atomic E-state index is 11.3. The molecule has 4 rings (SSSR count). The van der Waals surface area contributed by atoms with Crippen LogP contribution < -0.4 is 9.47 Å². The molecule has 6 nitrogen and oxygen atoms in total. The number of rotatable bonds is 8. The van der Waals surface area contributed by atoms with Gasteiger partial charge in [0.05, 0.1) is 6.61 Å². The molecule has 0 amide bonds. The Morgan fingerprint density at radius 3 is 2.44 bits per heavy atom. The van der Waals surface area contributed by atoms with Crippen molar-refractivity contribution in [2.75, 3.05) is 26.2 Å².